The number of halogens is 3. The van der Waals surface area contributed by atoms with Crippen LogP contribution in [0.1, 0.15) is 19.4 Å². The number of hydrogen-bond acceptors (Lipinski definition) is 2. The minimum atomic E-state index is -4.16. The predicted molar refractivity (Wildman–Crippen MR) is 82.4 cm³/mol. The maximum Gasteiger partial charge on any atom is 0.441 e. The van der Waals surface area contributed by atoms with Gasteiger partial charge in [0.15, 0.2) is 0 Å². The van der Waals surface area contributed by atoms with E-state index in [0.29, 0.717) is 12.6 Å². The van der Waals surface area contributed by atoms with Crippen molar-refractivity contribution in [1.29, 1.82) is 0 Å². The molecule has 1 N–H and O–H groups in total. The number of thioether (sulfide) groups is 1. The van der Waals surface area contributed by atoms with E-state index in [4.69, 9.17) is 0 Å². The van der Waals surface area contributed by atoms with Crippen LogP contribution in [0.2, 0.25) is 0 Å². The third-order valence-electron chi connectivity index (χ3n) is 3.17. The molecule has 0 radical (unpaired) electrons. The molecule has 1 heterocycles. The molecule has 6 heteroatoms. The lowest BCUT2D eigenvalue weighted by atomic mass is 10.2. The second-order valence-corrected chi connectivity index (χ2v) is 6.35. The van der Waals surface area contributed by atoms with Gasteiger partial charge >= 0.3 is 5.51 Å². The topological polar surface area (TPSA) is 17.0 Å². The Labute approximate surface area is 126 Å². The summed E-state index contributed by atoms with van der Waals surface area (Å²) >= 11 is 0.0280. The van der Waals surface area contributed by atoms with Gasteiger partial charge in [-0.25, -0.2) is 0 Å². The molecule has 0 fully saturated rings. The van der Waals surface area contributed by atoms with Crippen LogP contribution in [0.15, 0.2) is 30.5 Å². The number of alkyl halides is 3. The minimum Gasteiger partial charge on any atom is -0.346 e. The molecule has 0 aliphatic heterocycles. The average molecular weight is 316 g/mol. The number of nitrogens with zero attached hydrogens (tertiary/aromatic N) is 1. The largest absolute Gasteiger partial charge is 0.441 e. The lowest BCUT2D eigenvalue weighted by molar-refractivity contribution is -0.0328. The second-order valence-electron chi connectivity index (χ2n) is 5.19. The Morgan fingerprint density at radius 2 is 1.95 bits per heavy atom. The van der Waals surface area contributed by atoms with Gasteiger partial charge < -0.3 is 9.88 Å². The van der Waals surface area contributed by atoms with Crippen molar-refractivity contribution in [2.75, 3.05) is 5.75 Å². The van der Waals surface area contributed by atoms with Gasteiger partial charge in [0.2, 0.25) is 0 Å². The van der Waals surface area contributed by atoms with E-state index in [9.17, 15) is 13.2 Å². The summed E-state index contributed by atoms with van der Waals surface area (Å²) in [5, 5.41) is 4.45. The summed E-state index contributed by atoms with van der Waals surface area (Å²) in [4.78, 5) is 0. The van der Waals surface area contributed by atoms with Crippen LogP contribution in [0.5, 0.6) is 0 Å². The molecule has 2 aromatic rings. The molecule has 0 unspecified atom stereocenters. The van der Waals surface area contributed by atoms with E-state index >= 15 is 0 Å². The third-order valence-corrected chi connectivity index (χ3v) is 3.88. The van der Waals surface area contributed by atoms with Gasteiger partial charge in [-0.2, -0.15) is 13.2 Å². The van der Waals surface area contributed by atoms with Crippen LogP contribution in [-0.4, -0.2) is 21.9 Å². The van der Waals surface area contributed by atoms with E-state index in [1.54, 1.807) is 0 Å². The summed E-state index contributed by atoms with van der Waals surface area (Å²) in [6.07, 6.45) is 1.96. The number of aromatic nitrogens is 1. The summed E-state index contributed by atoms with van der Waals surface area (Å²) in [6.45, 7) is 5.21. The molecule has 0 saturated heterocycles. The van der Waals surface area contributed by atoms with E-state index in [1.807, 2.05) is 35.0 Å². The van der Waals surface area contributed by atoms with Crippen molar-refractivity contribution in [3.05, 3.63) is 36.0 Å². The Morgan fingerprint density at radius 3 is 2.62 bits per heavy atom. The zero-order valence-corrected chi connectivity index (χ0v) is 12.9. The van der Waals surface area contributed by atoms with E-state index in [-0.39, 0.29) is 17.5 Å². The van der Waals surface area contributed by atoms with Gasteiger partial charge in [0.05, 0.1) is 0 Å². The van der Waals surface area contributed by atoms with Crippen LogP contribution in [0.4, 0.5) is 13.2 Å². The standard InChI is InChI=1S/C15H19F3N2S/c1-11(2)19-9-12-10-20(7-8-21-15(16,17)18)14-6-4-3-5-13(12)14/h3-6,10-11,19H,7-9H2,1-2H3. The van der Waals surface area contributed by atoms with Gasteiger partial charge in [0, 0.05) is 42.0 Å². The molecule has 1 aromatic heterocycles. The van der Waals surface area contributed by atoms with Crippen molar-refractivity contribution in [2.45, 2.75) is 38.5 Å². The number of fused-ring (bicyclic) bond motifs is 1. The van der Waals surface area contributed by atoms with Crippen molar-refractivity contribution >= 4 is 22.7 Å². The zero-order chi connectivity index (χ0) is 15.5. The highest BCUT2D eigenvalue weighted by molar-refractivity contribution is 8.00. The van der Waals surface area contributed by atoms with Crippen LogP contribution in [0, 0.1) is 0 Å². The summed E-state index contributed by atoms with van der Waals surface area (Å²) in [5.41, 5.74) is -2.05. The second kappa shape index (κ2) is 6.75. The smallest absolute Gasteiger partial charge is 0.346 e. The highest BCUT2D eigenvalue weighted by Crippen LogP contribution is 2.30. The zero-order valence-electron chi connectivity index (χ0n) is 12.1. The molecule has 0 atom stereocenters. The monoisotopic (exact) mass is 316 g/mol. The fourth-order valence-corrected chi connectivity index (χ4v) is 2.74. The summed E-state index contributed by atoms with van der Waals surface area (Å²) in [6, 6.07) is 8.20. The molecule has 2 rings (SSSR count). The molecule has 0 spiro atoms. The molecule has 0 aliphatic carbocycles. The lowest BCUT2D eigenvalue weighted by Gasteiger charge is -2.07. The average Bonchev–Trinajstić information content (AvgIpc) is 2.74. The van der Waals surface area contributed by atoms with Crippen molar-refractivity contribution in [2.24, 2.45) is 0 Å². The van der Waals surface area contributed by atoms with Crippen LogP contribution < -0.4 is 5.32 Å². The highest BCUT2D eigenvalue weighted by atomic mass is 32.2. The van der Waals surface area contributed by atoms with Gasteiger partial charge in [0.1, 0.15) is 0 Å². The van der Waals surface area contributed by atoms with Crippen molar-refractivity contribution in [3.63, 3.8) is 0 Å². The molecule has 1 aromatic carbocycles. The third kappa shape index (κ3) is 4.68. The Morgan fingerprint density at radius 1 is 1.24 bits per heavy atom. The highest BCUT2D eigenvalue weighted by Gasteiger charge is 2.27. The molecule has 0 bridgehead atoms. The van der Waals surface area contributed by atoms with E-state index < -0.39 is 5.51 Å². The maximum atomic E-state index is 12.2. The Bertz CT molecular complexity index is 590. The fourth-order valence-electron chi connectivity index (χ4n) is 2.22. The van der Waals surface area contributed by atoms with Gasteiger partial charge in [-0.05, 0) is 23.4 Å². The van der Waals surface area contributed by atoms with Crippen LogP contribution in [0.25, 0.3) is 10.9 Å². The number of para-hydroxylation sites is 1. The summed E-state index contributed by atoms with van der Waals surface area (Å²) < 4.78 is 38.6. The molecule has 2 nitrogen and oxygen atoms in total. The SMILES string of the molecule is CC(C)NCc1cn(CCSC(F)(F)F)c2ccccc12. The Balaban J connectivity index is 2.15. The molecule has 0 amide bonds. The summed E-state index contributed by atoms with van der Waals surface area (Å²) in [7, 11) is 0. The molecule has 0 aliphatic rings. The Kier molecular flexibility index (Phi) is 5.22. The van der Waals surface area contributed by atoms with Crippen LogP contribution in [-0.2, 0) is 13.1 Å². The van der Waals surface area contributed by atoms with Gasteiger partial charge in [-0.15, -0.1) is 0 Å². The molecule has 21 heavy (non-hydrogen) atoms. The minimum absolute atomic E-state index is 0.0270. The summed E-state index contributed by atoms with van der Waals surface area (Å²) in [5.74, 6) is 0.0270. The molecule has 0 saturated carbocycles. The van der Waals surface area contributed by atoms with Crippen LogP contribution >= 0.6 is 11.8 Å². The normalized spacial score (nSPS) is 12.5. The maximum absolute atomic E-state index is 12.2. The van der Waals surface area contributed by atoms with E-state index in [1.165, 1.54) is 0 Å². The number of rotatable bonds is 6. The fraction of sp³-hybridized carbons (Fsp3) is 0.467. The first-order chi connectivity index (χ1) is 9.87. The number of nitrogens with one attached hydrogen (secondary N) is 1. The van der Waals surface area contributed by atoms with Crippen molar-refractivity contribution < 1.29 is 13.2 Å². The first-order valence-electron chi connectivity index (χ1n) is 6.87. The first-order valence-corrected chi connectivity index (χ1v) is 7.86. The first kappa shape index (κ1) is 16.2. The number of hydrogen-bond donors (Lipinski definition) is 1. The van der Waals surface area contributed by atoms with Gasteiger partial charge in [-0.1, -0.05) is 32.0 Å². The van der Waals surface area contributed by atoms with Crippen molar-refractivity contribution in [1.82, 2.24) is 9.88 Å². The van der Waals surface area contributed by atoms with Gasteiger partial charge in [0.25, 0.3) is 0 Å². The quantitative estimate of drug-likeness (QED) is 0.851. The number of aryl methyl sites for hydroxylation is 1. The Hall–Kier alpha value is -1.14. The molecule has 116 valence electrons. The number of benzene rings is 1. The lowest BCUT2D eigenvalue weighted by Crippen LogP contribution is -2.21. The molecular formula is C15H19F3N2S. The molecular weight excluding hydrogens is 297 g/mol. The van der Waals surface area contributed by atoms with Crippen LogP contribution in [0.3, 0.4) is 0 Å². The van der Waals surface area contributed by atoms with Gasteiger partial charge in [-0.3, -0.25) is 0 Å². The van der Waals surface area contributed by atoms with E-state index in [0.717, 1.165) is 23.0 Å². The van der Waals surface area contributed by atoms with Crippen molar-refractivity contribution in [3.8, 4) is 0 Å². The predicted octanol–water partition coefficient (Wildman–Crippen LogP) is 4.39. The van der Waals surface area contributed by atoms with E-state index in [2.05, 4.69) is 19.2 Å².